The molecule has 0 aliphatic heterocycles. The molecular formula is C9H16N2O3. The summed E-state index contributed by atoms with van der Waals surface area (Å²) in [5, 5.41) is 13.2. The lowest BCUT2D eigenvalue weighted by atomic mass is 9.82. The SMILES string of the molecule is CC(NC=O)C1CCC([N+](=O)[O-])CC1. The molecule has 1 atom stereocenters. The maximum absolute atomic E-state index is 10.5. The van der Waals surface area contributed by atoms with Crippen LogP contribution in [0.15, 0.2) is 0 Å². The number of hydrogen-bond acceptors (Lipinski definition) is 3. The zero-order valence-corrected chi connectivity index (χ0v) is 8.31. The highest BCUT2D eigenvalue weighted by Gasteiger charge is 2.30. The summed E-state index contributed by atoms with van der Waals surface area (Å²) in [5.41, 5.74) is 0. The van der Waals surface area contributed by atoms with Crippen molar-refractivity contribution in [3.63, 3.8) is 0 Å². The highest BCUT2D eigenvalue weighted by Crippen LogP contribution is 2.27. The summed E-state index contributed by atoms with van der Waals surface area (Å²) >= 11 is 0. The molecule has 0 heterocycles. The first-order valence-electron chi connectivity index (χ1n) is 4.98. The van der Waals surface area contributed by atoms with E-state index >= 15 is 0 Å². The molecule has 1 fully saturated rings. The number of amides is 1. The fraction of sp³-hybridized carbons (Fsp3) is 0.889. The average molecular weight is 200 g/mol. The summed E-state index contributed by atoms with van der Waals surface area (Å²) in [6.07, 6.45) is 3.66. The number of nitrogens with zero attached hydrogens (tertiary/aromatic N) is 1. The van der Waals surface area contributed by atoms with Gasteiger partial charge in [0.05, 0.1) is 0 Å². The third kappa shape index (κ3) is 2.68. The van der Waals surface area contributed by atoms with Crippen LogP contribution in [0.1, 0.15) is 32.6 Å². The molecule has 0 bridgehead atoms. The molecule has 1 amide bonds. The van der Waals surface area contributed by atoms with Crippen LogP contribution < -0.4 is 5.32 Å². The molecule has 0 aromatic rings. The van der Waals surface area contributed by atoms with Gasteiger partial charge in [-0.1, -0.05) is 0 Å². The van der Waals surface area contributed by atoms with Crippen LogP contribution in [0.4, 0.5) is 0 Å². The van der Waals surface area contributed by atoms with E-state index in [2.05, 4.69) is 5.32 Å². The minimum Gasteiger partial charge on any atom is -0.356 e. The lowest BCUT2D eigenvalue weighted by Gasteiger charge is -2.28. The number of nitrogens with one attached hydrogen (secondary N) is 1. The quantitative estimate of drug-likeness (QED) is 0.417. The first-order chi connectivity index (χ1) is 6.65. The Kier molecular flexibility index (Phi) is 3.85. The largest absolute Gasteiger partial charge is 0.356 e. The van der Waals surface area contributed by atoms with Gasteiger partial charge in [-0.3, -0.25) is 14.9 Å². The molecule has 0 saturated heterocycles. The smallest absolute Gasteiger partial charge is 0.213 e. The minimum atomic E-state index is -0.366. The van der Waals surface area contributed by atoms with Gasteiger partial charge in [0.15, 0.2) is 0 Å². The van der Waals surface area contributed by atoms with Gasteiger partial charge >= 0.3 is 0 Å². The van der Waals surface area contributed by atoms with E-state index in [0.717, 1.165) is 12.8 Å². The van der Waals surface area contributed by atoms with E-state index in [9.17, 15) is 14.9 Å². The van der Waals surface area contributed by atoms with Crippen molar-refractivity contribution in [3.8, 4) is 0 Å². The fourth-order valence-electron chi connectivity index (χ4n) is 2.06. The molecule has 1 aliphatic rings. The molecule has 5 nitrogen and oxygen atoms in total. The van der Waals surface area contributed by atoms with Crippen molar-refractivity contribution >= 4 is 6.41 Å². The molecule has 1 N–H and O–H groups in total. The number of rotatable bonds is 4. The van der Waals surface area contributed by atoms with Crippen molar-refractivity contribution in [2.75, 3.05) is 0 Å². The maximum atomic E-state index is 10.5. The third-order valence-corrected chi connectivity index (χ3v) is 3.08. The molecule has 0 aromatic heterocycles. The van der Waals surface area contributed by atoms with Gasteiger partial charge in [0.2, 0.25) is 12.5 Å². The molecule has 80 valence electrons. The van der Waals surface area contributed by atoms with E-state index in [1.54, 1.807) is 0 Å². The summed E-state index contributed by atoms with van der Waals surface area (Å²) in [7, 11) is 0. The molecule has 14 heavy (non-hydrogen) atoms. The van der Waals surface area contributed by atoms with Crippen LogP contribution in [-0.4, -0.2) is 23.4 Å². The predicted molar refractivity (Wildman–Crippen MR) is 51.4 cm³/mol. The first-order valence-corrected chi connectivity index (χ1v) is 4.98. The van der Waals surface area contributed by atoms with Crippen molar-refractivity contribution in [3.05, 3.63) is 10.1 Å². The van der Waals surface area contributed by atoms with Crippen molar-refractivity contribution < 1.29 is 9.72 Å². The summed E-state index contributed by atoms with van der Waals surface area (Å²) in [6, 6.07) is -0.227. The maximum Gasteiger partial charge on any atom is 0.213 e. The Labute approximate surface area is 83.0 Å². The van der Waals surface area contributed by atoms with Crippen molar-refractivity contribution in [2.45, 2.75) is 44.7 Å². The first kappa shape index (κ1) is 10.9. The molecule has 1 saturated carbocycles. The molecule has 1 rings (SSSR count). The summed E-state index contributed by atoms with van der Waals surface area (Å²) in [6.45, 7) is 1.95. The van der Waals surface area contributed by atoms with Gasteiger partial charge in [-0.2, -0.15) is 0 Å². The van der Waals surface area contributed by atoms with Crippen LogP contribution in [0.5, 0.6) is 0 Å². The zero-order valence-electron chi connectivity index (χ0n) is 8.31. The van der Waals surface area contributed by atoms with Crippen LogP contribution in [0.2, 0.25) is 0 Å². The zero-order chi connectivity index (χ0) is 10.6. The average Bonchev–Trinajstić information content (AvgIpc) is 2.18. The van der Waals surface area contributed by atoms with Crippen LogP contribution >= 0.6 is 0 Å². The highest BCUT2D eigenvalue weighted by molar-refractivity contribution is 5.46. The van der Waals surface area contributed by atoms with Gasteiger partial charge < -0.3 is 5.32 Å². The molecule has 0 radical (unpaired) electrons. The summed E-state index contributed by atoms with van der Waals surface area (Å²) < 4.78 is 0. The van der Waals surface area contributed by atoms with Crippen molar-refractivity contribution in [1.29, 1.82) is 0 Å². The van der Waals surface area contributed by atoms with Gasteiger partial charge in [0, 0.05) is 23.8 Å². The van der Waals surface area contributed by atoms with Gasteiger partial charge in [-0.05, 0) is 25.7 Å². The second-order valence-corrected chi connectivity index (χ2v) is 3.93. The summed E-state index contributed by atoms with van der Waals surface area (Å²) in [5.74, 6) is 0.399. The van der Waals surface area contributed by atoms with Crippen LogP contribution in [0, 0.1) is 16.0 Å². The monoisotopic (exact) mass is 200 g/mol. The van der Waals surface area contributed by atoms with Gasteiger partial charge in [-0.25, -0.2) is 0 Å². The number of carbonyl (C=O) groups is 1. The minimum absolute atomic E-state index is 0.139. The predicted octanol–water partition coefficient (Wildman–Crippen LogP) is 0.956. The Bertz CT molecular complexity index is 212. The normalized spacial score (nSPS) is 29.2. The van der Waals surface area contributed by atoms with E-state index in [-0.39, 0.29) is 17.0 Å². The topological polar surface area (TPSA) is 72.2 Å². The van der Waals surface area contributed by atoms with Crippen LogP contribution in [-0.2, 0) is 4.79 Å². The molecule has 5 heteroatoms. The van der Waals surface area contributed by atoms with E-state index in [1.807, 2.05) is 6.92 Å². The lowest BCUT2D eigenvalue weighted by molar-refractivity contribution is -0.527. The second-order valence-electron chi connectivity index (χ2n) is 3.93. The lowest BCUT2D eigenvalue weighted by Crippen LogP contribution is -2.37. The Morgan fingerprint density at radius 1 is 1.43 bits per heavy atom. The molecule has 1 unspecified atom stereocenters. The Hall–Kier alpha value is -1.13. The second kappa shape index (κ2) is 4.93. The fourth-order valence-corrected chi connectivity index (χ4v) is 2.06. The van der Waals surface area contributed by atoms with E-state index in [4.69, 9.17) is 0 Å². The van der Waals surface area contributed by atoms with Gasteiger partial charge in [-0.15, -0.1) is 0 Å². The van der Waals surface area contributed by atoms with E-state index < -0.39 is 0 Å². The molecule has 1 aliphatic carbocycles. The number of carbonyl (C=O) groups excluding carboxylic acids is 1. The molecule has 0 aromatic carbocycles. The standard InChI is InChI=1S/C9H16N2O3/c1-7(10-6-12)8-2-4-9(5-3-8)11(13)14/h6-9H,2-5H2,1H3,(H,10,12). The van der Waals surface area contributed by atoms with E-state index in [0.29, 0.717) is 25.2 Å². The van der Waals surface area contributed by atoms with Crippen molar-refractivity contribution in [2.24, 2.45) is 5.92 Å². The van der Waals surface area contributed by atoms with Crippen molar-refractivity contribution in [1.82, 2.24) is 5.32 Å². The van der Waals surface area contributed by atoms with E-state index in [1.165, 1.54) is 0 Å². The van der Waals surface area contributed by atoms with Crippen LogP contribution in [0.25, 0.3) is 0 Å². The van der Waals surface area contributed by atoms with Crippen LogP contribution in [0.3, 0.4) is 0 Å². The Morgan fingerprint density at radius 3 is 2.43 bits per heavy atom. The third-order valence-electron chi connectivity index (χ3n) is 3.08. The molecular weight excluding hydrogens is 184 g/mol. The molecule has 0 spiro atoms. The highest BCUT2D eigenvalue weighted by atomic mass is 16.6. The summed E-state index contributed by atoms with van der Waals surface area (Å²) in [4.78, 5) is 20.5. The van der Waals surface area contributed by atoms with Gasteiger partial charge in [0.1, 0.15) is 0 Å². The van der Waals surface area contributed by atoms with Gasteiger partial charge in [0.25, 0.3) is 0 Å². The Morgan fingerprint density at radius 2 is 2.00 bits per heavy atom. The number of nitro groups is 1. The number of hydrogen-bond donors (Lipinski definition) is 1. The Balaban J connectivity index is 2.34.